The van der Waals surface area contributed by atoms with Crippen LogP contribution in [0.4, 0.5) is 0 Å². The maximum atomic E-state index is 12.9. The van der Waals surface area contributed by atoms with Gasteiger partial charge in [-0.2, -0.15) is 4.31 Å². The van der Waals surface area contributed by atoms with Crippen molar-refractivity contribution in [1.82, 2.24) is 19.2 Å². The van der Waals surface area contributed by atoms with Gasteiger partial charge in [0.2, 0.25) is 10.0 Å². The largest absolute Gasteiger partial charge is 0.352 e. The Balaban J connectivity index is 1.43. The highest BCUT2D eigenvalue weighted by Gasteiger charge is 2.26. The molecule has 164 valence electrons. The van der Waals surface area contributed by atoms with Crippen LogP contribution in [0.3, 0.4) is 0 Å². The first kappa shape index (κ1) is 21.5. The summed E-state index contributed by atoms with van der Waals surface area (Å²) < 4.78 is 29.5. The Kier molecular flexibility index (Phi) is 6.38. The van der Waals surface area contributed by atoms with Gasteiger partial charge < -0.3 is 9.88 Å². The maximum Gasteiger partial charge on any atom is 0.251 e. The van der Waals surface area contributed by atoms with E-state index in [1.54, 1.807) is 18.2 Å². The number of nitrogens with one attached hydrogen (secondary N) is 1. The SMILES string of the molecule is CCn1c(CCNC(=O)c2cccc(S(=O)(=O)N3CCCCC3)c2)nc2ccccc21. The molecule has 31 heavy (non-hydrogen) atoms. The highest BCUT2D eigenvalue weighted by Crippen LogP contribution is 2.21. The fraction of sp³-hybridized carbons (Fsp3) is 0.391. The topological polar surface area (TPSA) is 84.3 Å². The first-order valence-electron chi connectivity index (χ1n) is 10.8. The first-order valence-corrected chi connectivity index (χ1v) is 12.3. The number of piperidine rings is 1. The predicted octanol–water partition coefficient (Wildman–Crippen LogP) is 3.20. The summed E-state index contributed by atoms with van der Waals surface area (Å²) in [6.07, 6.45) is 3.41. The molecule has 1 N–H and O–H groups in total. The molecule has 0 bridgehead atoms. The molecule has 1 amide bonds. The molecule has 0 aliphatic carbocycles. The van der Waals surface area contributed by atoms with Crippen LogP contribution in [0.1, 0.15) is 42.4 Å². The third kappa shape index (κ3) is 4.50. The number of amides is 1. The molecule has 8 heteroatoms. The molecule has 0 saturated carbocycles. The number of aryl methyl sites for hydroxylation is 1. The highest BCUT2D eigenvalue weighted by molar-refractivity contribution is 7.89. The van der Waals surface area contributed by atoms with Crippen molar-refractivity contribution in [3.63, 3.8) is 0 Å². The van der Waals surface area contributed by atoms with Gasteiger partial charge in [0.05, 0.1) is 15.9 Å². The zero-order valence-corrected chi connectivity index (χ0v) is 18.6. The Hall–Kier alpha value is -2.71. The van der Waals surface area contributed by atoms with Crippen molar-refractivity contribution in [3.05, 3.63) is 59.9 Å². The summed E-state index contributed by atoms with van der Waals surface area (Å²) in [5.74, 6) is 0.639. The fourth-order valence-electron chi connectivity index (χ4n) is 4.11. The third-order valence-electron chi connectivity index (χ3n) is 5.73. The van der Waals surface area contributed by atoms with E-state index in [1.807, 2.05) is 24.3 Å². The van der Waals surface area contributed by atoms with Crippen LogP contribution < -0.4 is 5.32 Å². The second kappa shape index (κ2) is 9.20. The monoisotopic (exact) mass is 440 g/mol. The summed E-state index contributed by atoms with van der Waals surface area (Å²) in [6, 6.07) is 14.3. The molecule has 1 saturated heterocycles. The summed E-state index contributed by atoms with van der Waals surface area (Å²) in [5.41, 5.74) is 2.38. The summed E-state index contributed by atoms with van der Waals surface area (Å²) in [4.78, 5) is 17.5. The maximum absolute atomic E-state index is 12.9. The number of imidazole rings is 1. The van der Waals surface area contributed by atoms with E-state index in [0.29, 0.717) is 31.6 Å². The number of hydrogen-bond donors (Lipinski definition) is 1. The summed E-state index contributed by atoms with van der Waals surface area (Å²) >= 11 is 0. The van der Waals surface area contributed by atoms with Crippen LogP contribution in [-0.4, -0.2) is 47.8 Å². The molecule has 1 aliphatic heterocycles. The molecule has 1 fully saturated rings. The fourth-order valence-corrected chi connectivity index (χ4v) is 5.67. The molecule has 1 aromatic heterocycles. The molecule has 3 aromatic rings. The number of hydrogen-bond acceptors (Lipinski definition) is 4. The van der Waals surface area contributed by atoms with Crippen LogP contribution in [0.25, 0.3) is 11.0 Å². The Bertz CT molecular complexity index is 1180. The smallest absolute Gasteiger partial charge is 0.251 e. The number of aromatic nitrogens is 2. The lowest BCUT2D eigenvalue weighted by Crippen LogP contribution is -2.35. The lowest BCUT2D eigenvalue weighted by molar-refractivity contribution is 0.0953. The minimum Gasteiger partial charge on any atom is -0.352 e. The van der Waals surface area contributed by atoms with Crippen LogP contribution in [-0.2, 0) is 23.0 Å². The van der Waals surface area contributed by atoms with Gasteiger partial charge in [-0.1, -0.05) is 24.6 Å². The minimum absolute atomic E-state index is 0.176. The van der Waals surface area contributed by atoms with Gasteiger partial charge in [-0.05, 0) is 50.1 Å². The average molecular weight is 441 g/mol. The molecule has 0 unspecified atom stereocenters. The molecule has 0 radical (unpaired) electrons. The molecule has 1 aliphatic rings. The lowest BCUT2D eigenvalue weighted by atomic mass is 10.2. The number of carbonyl (C=O) groups is 1. The van der Waals surface area contributed by atoms with E-state index >= 15 is 0 Å². The van der Waals surface area contributed by atoms with E-state index in [4.69, 9.17) is 0 Å². The van der Waals surface area contributed by atoms with E-state index in [-0.39, 0.29) is 10.8 Å². The van der Waals surface area contributed by atoms with Crippen LogP contribution in [0, 0.1) is 0 Å². The number of benzene rings is 2. The van der Waals surface area contributed by atoms with Crippen molar-refractivity contribution in [3.8, 4) is 0 Å². The number of para-hydroxylation sites is 2. The normalized spacial score (nSPS) is 15.3. The first-order chi connectivity index (χ1) is 15.0. The Morgan fingerprint density at radius 3 is 2.61 bits per heavy atom. The number of rotatable bonds is 7. The van der Waals surface area contributed by atoms with Gasteiger partial charge in [-0.15, -0.1) is 0 Å². The molecule has 0 spiro atoms. The minimum atomic E-state index is -3.57. The van der Waals surface area contributed by atoms with E-state index in [2.05, 4.69) is 21.8 Å². The van der Waals surface area contributed by atoms with Crippen molar-refractivity contribution in [2.45, 2.75) is 44.0 Å². The Labute approximate surface area is 183 Å². The van der Waals surface area contributed by atoms with Gasteiger partial charge >= 0.3 is 0 Å². The predicted molar refractivity (Wildman–Crippen MR) is 120 cm³/mol. The highest BCUT2D eigenvalue weighted by atomic mass is 32.2. The van der Waals surface area contributed by atoms with E-state index in [9.17, 15) is 13.2 Å². The van der Waals surface area contributed by atoms with Gasteiger partial charge in [0.1, 0.15) is 5.82 Å². The molecule has 0 atom stereocenters. The summed E-state index contributed by atoms with van der Waals surface area (Å²) in [7, 11) is -3.57. The Morgan fingerprint density at radius 1 is 1.06 bits per heavy atom. The summed E-state index contributed by atoms with van der Waals surface area (Å²) in [6.45, 7) is 4.38. The van der Waals surface area contributed by atoms with Crippen molar-refractivity contribution < 1.29 is 13.2 Å². The summed E-state index contributed by atoms with van der Waals surface area (Å²) in [5, 5.41) is 2.90. The van der Waals surface area contributed by atoms with Gasteiger partial charge in [-0.25, -0.2) is 13.4 Å². The number of carbonyl (C=O) groups excluding carboxylic acids is 1. The quantitative estimate of drug-likeness (QED) is 0.611. The number of fused-ring (bicyclic) bond motifs is 1. The number of nitrogens with zero attached hydrogens (tertiary/aromatic N) is 3. The molecule has 2 aromatic carbocycles. The zero-order chi connectivity index (χ0) is 21.8. The van der Waals surface area contributed by atoms with Crippen LogP contribution in [0.2, 0.25) is 0 Å². The molecular weight excluding hydrogens is 412 g/mol. The second-order valence-corrected chi connectivity index (χ2v) is 9.70. The molecular formula is C23H28N4O3S. The zero-order valence-electron chi connectivity index (χ0n) is 17.8. The van der Waals surface area contributed by atoms with E-state index in [1.165, 1.54) is 10.4 Å². The average Bonchev–Trinajstić information content (AvgIpc) is 3.17. The second-order valence-electron chi connectivity index (χ2n) is 7.76. The van der Waals surface area contributed by atoms with Gasteiger partial charge in [0.15, 0.2) is 0 Å². The molecule has 2 heterocycles. The van der Waals surface area contributed by atoms with Crippen molar-refractivity contribution >= 4 is 27.0 Å². The van der Waals surface area contributed by atoms with Crippen LogP contribution in [0.5, 0.6) is 0 Å². The molecule has 7 nitrogen and oxygen atoms in total. The van der Waals surface area contributed by atoms with E-state index in [0.717, 1.165) is 42.7 Å². The third-order valence-corrected chi connectivity index (χ3v) is 7.63. The lowest BCUT2D eigenvalue weighted by Gasteiger charge is -2.26. The van der Waals surface area contributed by atoms with E-state index < -0.39 is 10.0 Å². The standard InChI is InChI=1S/C23H28N4O3S/c1-2-27-21-12-5-4-11-20(21)25-22(27)13-14-24-23(28)18-9-8-10-19(17-18)31(29,30)26-15-6-3-7-16-26/h4-5,8-12,17H,2-3,6-7,13-16H2,1H3,(H,24,28). The number of sulfonamides is 1. The van der Waals surface area contributed by atoms with Gasteiger partial charge in [0.25, 0.3) is 5.91 Å². The Morgan fingerprint density at radius 2 is 1.84 bits per heavy atom. The van der Waals surface area contributed by atoms with Crippen molar-refractivity contribution in [2.75, 3.05) is 19.6 Å². The van der Waals surface area contributed by atoms with Crippen molar-refractivity contribution in [1.29, 1.82) is 0 Å². The van der Waals surface area contributed by atoms with Crippen LogP contribution in [0.15, 0.2) is 53.4 Å². The molecule has 4 rings (SSSR count). The van der Waals surface area contributed by atoms with Crippen molar-refractivity contribution in [2.24, 2.45) is 0 Å². The van der Waals surface area contributed by atoms with Crippen LogP contribution >= 0.6 is 0 Å². The van der Waals surface area contributed by atoms with Gasteiger partial charge in [0, 0.05) is 38.2 Å². The van der Waals surface area contributed by atoms with Gasteiger partial charge in [-0.3, -0.25) is 4.79 Å².